The average molecular weight is 334 g/mol. The second-order valence-electron chi connectivity index (χ2n) is 5.35. The van der Waals surface area contributed by atoms with Crippen molar-refractivity contribution in [3.05, 3.63) is 28.8 Å². The Morgan fingerprint density at radius 1 is 1.14 bits per heavy atom. The highest BCUT2D eigenvalue weighted by Gasteiger charge is 2.14. The number of piperazine rings is 1. The number of hydrogen-bond donors (Lipinski definition) is 2. The Balaban J connectivity index is 0.00000200. The van der Waals surface area contributed by atoms with E-state index in [0.29, 0.717) is 6.54 Å². The molecule has 2 rings (SSSR count). The molecule has 0 bridgehead atoms. The molecule has 0 atom stereocenters. The van der Waals surface area contributed by atoms with E-state index in [-0.39, 0.29) is 30.7 Å². The lowest BCUT2D eigenvalue weighted by atomic mass is 10.1. The van der Waals surface area contributed by atoms with Gasteiger partial charge in [-0.3, -0.25) is 9.69 Å². The van der Waals surface area contributed by atoms with Crippen molar-refractivity contribution in [2.75, 3.05) is 38.0 Å². The SMILES string of the molecule is Cc1cc(C)c(NC(=O)CN2CCNCC2)c(C)c1.Cl.Cl. The molecule has 4 nitrogen and oxygen atoms in total. The fourth-order valence-corrected chi connectivity index (χ4v) is 2.63. The summed E-state index contributed by atoms with van der Waals surface area (Å²) in [7, 11) is 0. The maximum atomic E-state index is 12.1. The van der Waals surface area contributed by atoms with E-state index in [4.69, 9.17) is 0 Å². The number of nitrogens with one attached hydrogen (secondary N) is 2. The van der Waals surface area contributed by atoms with Gasteiger partial charge in [-0.25, -0.2) is 0 Å². The molecule has 0 spiro atoms. The van der Waals surface area contributed by atoms with Crippen molar-refractivity contribution in [2.45, 2.75) is 20.8 Å². The van der Waals surface area contributed by atoms with Crippen LogP contribution >= 0.6 is 24.8 Å². The van der Waals surface area contributed by atoms with Crippen LogP contribution < -0.4 is 10.6 Å². The summed E-state index contributed by atoms with van der Waals surface area (Å²) < 4.78 is 0. The first-order valence-corrected chi connectivity index (χ1v) is 6.87. The van der Waals surface area contributed by atoms with Crippen molar-refractivity contribution in [1.29, 1.82) is 0 Å². The number of halogens is 2. The minimum atomic E-state index is 0. The zero-order valence-electron chi connectivity index (χ0n) is 12.9. The van der Waals surface area contributed by atoms with Crippen molar-refractivity contribution in [3.63, 3.8) is 0 Å². The summed E-state index contributed by atoms with van der Waals surface area (Å²) in [6, 6.07) is 4.21. The van der Waals surface area contributed by atoms with Crippen LogP contribution in [0.25, 0.3) is 0 Å². The van der Waals surface area contributed by atoms with E-state index in [1.165, 1.54) is 5.56 Å². The van der Waals surface area contributed by atoms with Crippen LogP contribution in [0, 0.1) is 20.8 Å². The van der Waals surface area contributed by atoms with Crippen molar-refractivity contribution >= 4 is 36.4 Å². The van der Waals surface area contributed by atoms with Crippen LogP contribution in [0.4, 0.5) is 5.69 Å². The predicted molar refractivity (Wildman–Crippen MR) is 93.1 cm³/mol. The quantitative estimate of drug-likeness (QED) is 0.892. The van der Waals surface area contributed by atoms with Crippen molar-refractivity contribution in [3.8, 4) is 0 Å². The molecule has 0 aliphatic carbocycles. The topological polar surface area (TPSA) is 44.4 Å². The van der Waals surface area contributed by atoms with Crippen LogP contribution in [0.15, 0.2) is 12.1 Å². The standard InChI is InChI=1S/C15H23N3O.2ClH/c1-11-8-12(2)15(13(3)9-11)17-14(19)10-18-6-4-16-5-7-18;;/h8-9,16H,4-7,10H2,1-3H3,(H,17,19);2*1H. The highest BCUT2D eigenvalue weighted by molar-refractivity contribution is 5.93. The molecule has 120 valence electrons. The Morgan fingerprint density at radius 2 is 1.67 bits per heavy atom. The van der Waals surface area contributed by atoms with E-state index >= 15 is 0 Å². The molecular weight excluding hydrogens is 309 g/mol. The molecule has 0 saturated carbocycles. The largest absolute Gasteiger partial charge is 0.324 e. The van der Waals surface area contributed by atoms with Crippen LogP contribution in [0.2, 0.25) is 0 Å². The Kier molecular flexibility index (Phi) is 8.90. The minimum Gasteiger partial charge on any atom is -0.324 e. The molecule has 0 radical (unpaired) electrons. The van der Waals surface area contributed by atoms with Gasteiger partial charge >= 0.3 is 0 Å². The van der Waals surface area contributed by atoms with Crippen molar-refractivity contribution in [2.24, 2.45) is 0 Å². The van der Waals surface area contributed by atoms with Crippen LogP contribution in [0.1, 0.15) is 16.7 Å². The first-order chi connectivity index (χ1) is 9.06. The summed E-state index contributed by atoms with van der Waals surface area (Å²) in [6.45, 7) is 10.5. The van der Waals surface area contributed by atoms with E-state index in [1.807, 2.05) is 13.8 Å². The normalized spacial score (nSPS) is 14.8. The van der Waals surface area contributed by atoms with E-state index in [1.54, 1.807) is 0 Å². The monoisotopic (exact) mass is 333 g/mol. The molecular formula is C15H25Cl2N3O. The summed E-state index contributed by atoms with van der Waals surface area (Å²) in [5.41, 5.74) is 4.46. The van der Waals surface area contributed by atoms with Gasteiger partial charge in [-0.2, -0.15) is 0 Å². The van der Waals surface area contributed by atoms with Crippen LogP contribution in [-0.4, -0.2) is 43.5 Å². The molecule has 0 aromatic heterocycles. The van der Waals surface area contributed by atoms with Gasteiger partial charge in [-0.15, -0.1) is 24.8 Å². The van der Waals surface area contributed by atoms with Gasteiger partial charge in [0.15, 0.2) is 0 Å². The number of nitrogens with zero attached hydrogens (tertiary/aromatic N) is 1. The zero-order chi connectivity index (χ0) is 13.8. The lowest BCUT2D eigenvalue weighted by molar-refractivity contribution is -0.117. The first-order valence-electron chi connectivity index (χ1n) is 6.87. The summed E-state index contributed by atoms with van der Waals surface area (Å²) in [6.07, 6.45) is 0. The zero-order valence-corrected chi connectivity index (χ0v) is 14.5. The van der Waals surface area contributed by atoms with Crippen LogP contribution in [0.5, 0.6) is 0 Å². The molecule has 1 aliphatic heterocycles. The second-order valence-corrected chi connectivity index (χ2v) is 5.35. The van der Waals surface area contributed by atoms with Crippen LogP contribution in [-0.2, 0) is 4.79 Å². The molecule has 1 heterocycles. The van der Waals surface area contributed by atoms with E-state index in [0.717, 1.165) is 43.0 Å². The molecule has 6 heteroatoms. The van der Waals surface area contributed by atoms with Gasteiger partial charge in [0, 0.05) is 31.9 Å². The molecule has 1 aliphatic rings. The third-order valence-electron chi connectivity index (χ3n) is 3.52. The number of aryl methyl sites for hydroxylation is 3. The molecule has 1 aromatic carbocycles. The van der Waals surface area contributed by atoms with E-state index < -0.39 is 0 Å². The molecule has 1 fully saturated rings. The van der Waals surface area contributed by atoms with Crippen LogP contribution in [0.3, 0.4) is 0 Å². The van der Waals surface area contributed by atoms with Gasteiger partial charge < -0.3 is 10.6 Å². The van der Waals surface area contributed by atoms with Crippen molar-refractivity contribution in [1.82, 2.24) is 10.2 Å². The number of carbonyl (C=O) groups excluding carboxylic acids is 1. The molecule has 1 amide bonds. The number of carbonyl (C=O) groups is 1. The van der Waals surface area contributed by atoms with E-state index in [2.05, 4.69) is 34.6 Å². The van der Waals surface area contributed by atoms with Gasteiger partial charge in [0.1, 0.15) is 0 Å². The Hall–Kier alpha value is -0.810. The number of anilines is 1. The number of benzene rings is 1. The molecule has 2 N–H and O–H groups in total. The maximum absolute atomic E-state index is 12.1. The fraction of sp³-hybridized carbons (Fsp3) is 0.533. The second kappa shape index (κ2) is 9.26. The lowest BCUT2D eigenvalue weighted by Gasteiger charge is -2.26. The molecule has 1 saturated heterocycles. The summed E-state index contributed by atoms with van der Waals surface area (Å²) in [4.78, 5) is 14.3. The number of rotatable bonds is 3. The minimum absolute atomic E-state index is 0. The smallest absolute Gasteiger partial charge is 0.238 e. The summed E-state index contributed by atoms with van der Waals surface area (Å²) in [5.74, 6) is 0.0805. The van der Waals surface area contributed by atoms with Gasteiger partial charge in [0.25, 0.3) is 0 Å². The molecule has 1 aromatic rings. The highest BCUT2D eigenvalue weighted by atomic mass is 35.5. The third-order valence-corrected chi connectivity index (χ3v) is 3.52. The Bertz CT molecular complexity index is 451. The molecule has 0 unspecified atom stereocenters. The van der Waals surface area contributed by atoms with Gasteiger partial charge in [-0.05, 0) is 31.9 Å². The molecule has 21 heavy (non-hydrogen) atoms. The number of hydrogen-bond acceptors (Lipinski definition) is 3. The first kappa shape index (κ1) is 20.2. The summed E-state index contributed by atoms with van der Waals surface area (Å²) in [5, 5.41) is 6.34. The summed E-state index contributed by atoms with van der Waals surface area (Å²) >= 11 is 0. The Labute approximate surface area is 139 Å². The Morgan fingerprint density at radius 3 is 2.19 bits per heavy atom. The van der Waals surface area contributed by atoms with Gasteiger partial charge in [0.05, 0.1) is 6.54 Å². The maximum Gasteiger partial charge on any atom is 0.238 e. The average Bonchev–Trinajstić information content (AvgIpc) is 2.35. The lowest BCUT2D eigenvalue weighted by Crippen LogP contribution is -2.46. The fourth-order valence-electron chi connectivity index (χ4n) is 2.63. The third kappa shape index (κ3) is 5.83. The van der Waals surface area contributed by atoms with Crippen molar-refractivity contribution < 1.29 is 4.79 Å². The predicted octanol–water partition coefficient (Wildman–Crippen LogP) is 2.30. The van der Waals surface area contributed by atoms with Gasteiger partial charge in [-0.1, -0.05) is 17.7 Å². The van der Waals surface area contributed by atoms with E-state index in [9.17, 15) is 4.79 Å². The number of amides is 1. The highest BCUT2D eigenvalue weighted by Crippen LogP contribution is 2.21. The van der Waals surface area contributed by atoms with Gasteiger partial charge in [0.2, 0.25) is 5.91 Å².